The van der Waals surface area contributed by atoms with Crippen molar-refractivity contribution in [3.05, 3.63) is 53.5 Å². The monoisotopic (exact) mass is 348 g/mol. The molecule has 1 amide bonds. The van der Waals surface area contributed by atoms with Gasteiger partial charge in [0.15, 0.2) is 0 Å². The highest BCUT2D eigenvalue weighted by Crippen LogP contribution is 2.21. The molecule has 7 heteroatoms. The first kappa shape index (κ1) is 16.7. The van der Waals surface area contributed by atoms with Gasteiger partial charge < -0.3 is 9.73 Å². The Morgan fingerprint density at radius 3 is 2.38 bits per heavy atom. The molecule has 1 N–H and O–H groups in total. The fourth-order valence-corrected chi connectivity index (χ4v) is 4.22. The van der Waals surface area contributed by atoms with Crippen molar-refractivity contribution in [1.29, 1.82) is 0 Å². The molecule has 1 aliphatic rings. The Hall–Kier alpha value is -2.12. The summed E-state index contributed by atoms with van der Waals surface area (Å²) in [4.78, 5) is 12.4. The Balaban J connectivity index is 1.66. The van der Waals surface area contributed by atoms with Crippen molar-refractivity contribution in [3.63, 3.8) is 0 Å². The van der Waals surface area contributed by atoms with Crippen molar-refractivity contribution < 1.29 is 17.6 Å². The van der Waals surface area contributed by atoms with Gasteiger partial charge in [0.05, 0.1) is 11.4 Å². The lowest BCUT2D eigenvalue weighted by molar-refractivity contribution is 0.0947. The Kier molecular flexibility index (Phi) is 4.73. The number of furan rings is 1. The van der Waals surface area contributed by atoms with E-state index in [0.29, 0.717) is 31.0 Å². The van der Waals surface area contributed by atoms with Crippen LogP contribution in [0.2, 0.25) is 0 Å². The summed E-state index contributed by atoms with van der Waals surface area (Å²) in [5.41, 5.74) is 0.415. The van der Waals surface area contributed by atoms with Crippen molar-refractivity contribution in [2.24, 2.45) is 0 Å². The van der Waals surface area contributed by atoms with Gasteiger partial charge in [0, 0.05) is 18.7 Å². The van der Waals surface area contributed by atoms with Crippen LogP contribution in [0.5, 0.6) is 0 Å². The van der Waals surface area contributed by atoms with Gasteiger partial charge in [-0.15, -0.1) is 0 Å². The molecule has 0 radical (unpaired) electrons. The van der Waals surface area contributed by atoms with E-state index in [1.807, 2.05) is 13.0 Å². The Bertz CT molecular complexity index is 819. The highest BCUT2D eigenvalue weighted by Gasteiger charge is 2.27. The summed E-state index contributed by atoms with van der Waals surface area (Å²) in [5, 5.41) is 2.75. The van der Waals surface area contributed by atoms with E-state index in [4.69, 9.17) is 4.42 Å². The number of nitrogens with zero attached hydrogens (tertiary/aromatic N) is 1. The number of sulfonamides is 1. The van der Waals surface area contributed by atoms with Gasteiger partial charge in [-0.05, 0) is 56.2 Å². The third-order valence-electron chi connectivity index (χ3n) is 4.04. The van der Waals surface area contributed by atoms with Crippen molar-refractivity contribution in [2.45, 2.75) is 31.2 Å². The molecule has 2 aromatic rings. The van der Waals surface area contributed by atoms with Crippen LogP contribution in [-0.4, -0.2) is 31.7 Å². The molecule has 1 aromatic carbocycles. The first-order chi connectivity index (χ1) is 11.5. The van der Waals surface area contributed by atoms with Crippen molar-refractivity contribution in [2.75, 3.05) is 13.1 Å². The van der Waals surface area contributed by atoms with E-state index in [9.17, 15) is 13.2 Å². The lowest BCUT2D eigenvalue weighted by Gasteiger charge is -2.15. The summed E-state index contributed by atoms with van der Waals surface area (Å²) in [6.07, 6.45) is 1.79. The van der Waals surface area contributed by atoms with E-state index >= 15 is 0 Å². The number of amides is 1. The quantitative estimate of drug-likeness (QED) is 0.899. The zero-order chi connectivity index (χ0) is 17.2. The van der Waals surface area contributed by atoms with Crippen molar-refractivity contribution in [3.8, 4) is 0 Å². The SMILES string of the molecule is Cc1ccc(CNC(=O)c2ccc(S(=O)(=O)N3CCCC3)cc2)o1. The Morgan fingerprint density at radius 1 is 1.12 bits per heavy atom. The second kappa shape index (κ2) is 6.78. The minimum absolute atomic E-state index is 0.225. The summed E-state index contributed by atoms with van der Waals surface area (Å²) in [6, 6.07) is 9.68. The minimum Gasteiger partial charge on any atom is -0.465 e. The highest BCUT2D eigenvalue weighted by molar-refractivity contribution is 7.89. The second-order valence-electron chi connectivity index (χ2n) is 5.83. The molecule has 6 nitrogen and oxygen atoms in total. The predicted molar refractivity (Wildman–Crippen MR) is 89.1 cm³/mol. The van der Waals surface area contributed by atoms with E-state index < -0.39 is 10.0 Å². The van der Waals surface area contributed by atoms with Gasteiger partial charge in [0.1, 0.15) is 11.5 Å². The number of rotatable bonds is 5. The van der Waals surface area contributed by atoms with E-state index in [1.54, 1.807) is 6.07 Å². The molecular weight excluding hydrogens is 328 g/mol. The van der Waals surface area contributed by atoms with Gasteiger partial charge >= 0.3 is 0 Å². The molecule has 0 unspecified atom stereocenters. The number of hydrogen-bond acceptors (Lipinski definition) is 4. The molecular formula is C17H20N2O4S. The second-order valence-corrected chi connectivity index (χ2v) is 7.77. The molecule has 0 bridgehead atoms. The molecule has 0 atom stereocenters. The number of benzene rings is 1. The standard InChI is InChI=1S/C17H20N2O4S/c1-13-4-7-15(23-13)12-18-17(20)14-5-8-16(9-6-14)24(21,22)19-10-2-3-11-19/h4-9H,2-3,10-12H2,1H3,(H,18,20). The first-order valence-corrected chi connectivity index (χ1v) is 9.34. The van der Waals surface area contributed by atoms with E-state index in [2.05, 4.69) is 5.32 Å². The number of aryl methyl sites for hydroxylation is 1. The number of nitrogens with one attached hydrogen (secondary N) is 1. The summed E-state index contributed by atoms with van der Waals surface area (Å²) in [5.74, 6) is 1.19. The van der Waals surface area contributed by atoms with Crippen LogP contribution in [-0.2, 0) is 16.6 Å². The fourth-order valence-electron chi connectivity index (χ4n) is 2.71. The Labute approximate surface area is 141 Å². The number of carbonyl (C=O) groups excluding carboxylic acids is 1. The maximum absolute atomic E-state index is 12.4. The van der Waals surface area contributed by atoms with Crippen molar-refractivity contribution in [1.82, 2.24) is 9.62 Å². The fraction of sp³-hybridized carbons (Fsp3) is 0.353. The molecule has 0 aliphatic carbocycles. The maximum Gasteiger partial charge on any atom is 0.251 e. The van der Waals surface area contributed by atoms with Crippen LogP contribution in [0.3, 0.4) is 0 Å². The lowest BCUT2D eigenvalue weighted by atomic mass is 10.2. The topological polar surface area (TPSA) is 79.6 Å². The zero-order valence-electron chi connectivity index (χ0n) is 13.5. The molecule has 0 spiro atoms. The molecule has 1 saturated heterocycles. The van der Waals surface area contributed by atoms with Crippen LogP contribution in [0.15, 0.2) is 45.7 Å². The number of hydrogen-bond donors (Lipinski definition) is 1. The molecule has 1 aromatic heterocycles. The maximum atomic E-state index is 12.4. The normalized spacial score (nSPS) is 15.5. The average molecular weight is 348 g/mol. The van der Waals surface area contributed by atoms with Gasteiger partial charge in [-0.3, -0.25) is 4.79 Å². The summed E-state index contributed by atoms with van der Waals surface area (Å²) in [7, 11) is -3.45. The van der Waals surface area contributed by atoms with Crippen LogP contribution >= 0.6 is 0 Å². The third kappa shape index (κ3) is 3.52. The van der Waals surface area contributed by atoms with Crippen LogP contribution in [0, 0.1) is 6.92 Å². The molecule has 128 valence electrons. The lowest BCUT2D eigenvalue weighted by Crippen LogP contribution is -2.28. The highest BCUT2D eigenvalue weighted by atomic mass is 32.2. The molecule has 2 heterocycles. The summed E-state index contributed by atoms with van der Waals surface area (Å²) in [6.45, 7) is 3.26. The Morgan fingerprint density at radius 2 is 1.79 bits per heavy atom. The van der Waals surface area contributed by atoms with Crippen LogP contribution in [0.25, 0.3) is 0 Å². The molecule has 3 rings (SSSR count). The van der Waals surface area contributed by atoms with Gasteiger partial charge in [-0.1, -0.05) is 0 Å². The van der Waals surface area contributed by atoms with Crippen LogP contribution in [0.1, 0.15) is 34.7 Å². The van der Waals surface area contributed by atoms with Gasteiger partial charge in [-0.2, -0.15) is 4.31 Å². The molecule has 24 heavy (non-hydrogen) atoms. The zero-order valence-corrected chi connectivity index (χ0v) is 14.3. The van der Waals surface area contributed by atoms with E-state index in [-0.39, 0.29) is 10.8 Å². The first-order valence-electron chi connectivity index (χ1n) is 7.90. The predicted octanol–water partition coefficient (Wildman–Crippen LogP) is 2.30. The molecule has 1 aliphatic heterocycles. The van der Waals surface area contributed by atoms with Crippen LogP contribution < -0.4 is 5.32 Å². The van der Waals surface area contributed by atoms with E-state index in [0.717, 1.165) is 18.6 Å². The van der Waals surface area contributed by atoms with E-state index in [1.165, 1.54) is 28.6 Å². The summed E-state index contributed by atoms with van der Waals surface area (Å²) >= 11 is 0. The van der Waals surface area contributed by atoms with Crippen molar-refractivity contribution >= 4 is 15.9 Å². The number of carbonyl (C=O) groups is 1. The smallest absolute Gasteiger partial charge is 0.251 e. The van der Waals surface area contributed by atoms with Gasteiger partial charge in [0.2, 0.25) is 10.0 Å². The molecule has 1 fully saturated rings. The van der Waals surface area contributed by atoms with Gasteiger partial charge in [0.25, 0.3) is 5.91 Å². The largest absolute Gasteiger partial charge is 0.465 e. The molecule has 0 saturated carbocycles. The average Bonchev–Trinajstić information content (AvgIpc) is 3.24. The summed E-state index contributed by atoms with van der Waals surface area (Å²) < 4.78 is 31.8. The third-order valence-corrected chi connectivity index (χ3v) is 5.95. The van der Waals surface area contributed by atoms with Gasteiger partial charge in [-0.25, -0.2) is 8.42 Å². The minimum atomic E-state index is -3.45. The van der Waals surface area contributed by atoms with Crippen LogP contribution in [0.4, 0.5) is 0 Å².